The van der Waals surface area contributed by atoms with E-state index < -0.39 is 23.9 Å². The minimum atomic E-state index is -0.780. The molecule has 26 heavy (non-hydrogen) atoms. The monoisotopic (exact) mass is 371 g/mol. The summed E-state index contributed by atoms with van der Waals surface area (Å²) in [7, 11) is 0. The highest BCUT2D eigenvalue weighted by Gasteiger charge is 2.24. The van der Waals surface area contributed by atoms with Crippen molar-refractivity contribution in [2.45, 2.75) is 83.2 Å². The molecule has 8 heteroatoms. The first-order valence-corrected chi connectivity index (χ1v) is 9.75. The molecule has 0 aliphatic rings. The fraction of sp³-hybridized carbons (Fsp3) is 0.833. The molecule has 152 valence electrons. The van der Waals surface area contributed by atoms with Crippen LogP contribution >= 0.6 is 0 Å². The molecule has 2 atom stereocenters. The lowest BCUT2D eigenvalue weighted by atomic mass is 10.1. The van der Waals surface area contributed by atoms with Gasteiger partial charge in [-0.25, -0.2) is 0 Å². The molecule has 2 unspecified atom stereocenters. The topological polar surface area (TPSA) is 153 Å². The number of nitrogens with one attached hydrogen (secondary N) is 2. The van der Waals surface area contributed by atoms with Crippen molar-refractivity contribution in [3.05, 3.63) is 0 Å². The van der Waals surface area contributed by atoms with Crippen molar-refractivity contribution in [1.82, 2.24) is 10.6 Å². The summed E-state index contributed by atoms with van der Waals surface area (Å²) in [5.41, 5.74) is 16.3. The molecular formula is C18H37N5O3. The van der Waals surface area contributed by atoms with Crippen molar-refractivity contribution in [3.63, 3.8) is 0 Å². The first-order valence-electron chi connectivity index (χ1n) is 9.75. The van der Waals surface area contributed by atoms with Gasteiger partial charge < -0.3 is 27.8 Å². The Labute approximate surface area is 157 Å². The summed E-state index contributed by atoms with van der Waals surface area (Å²) in [5.74, 6) is -1.17. The number of carbonyl (C=O) groups excluding carboxylic acids is 3. The Morgan fingerprint density at radius 1 is 0.808 bits per heavy atom. The number of unbranched alkanes of at least 4 members (excludes halogenated alkanes) is 4. The number of carbonyl (C=O) groups is 3. The molecular weight excluding hydrogens is 334 g/mol. The van der Waals surface area contributed by atoms with Crippen LogP contribution < -0.4 is 27.8 Å². The van der Waals surface area contributed by atoms with Gasteiger partial charge in [-0.3, -0.25) is 14.4 Å². The van der Waals surface area contributed by atoms with Gasteiger partial charge in [0.1, 0.15) is 12.1 Å². The van der Waals surface area contributed by atoms with E-state index in [0.717, 1.165) is 25.7 Å². The molecule has 0 fully saturated rings. The average molecular weight is 372 g/mol. The maximum absolute atomic E-state index is 12.5. The molecule has 0 spiro atoms. The highest BCUT2D eigenvalue weighted by Crippen LogP contribution is 2.06. The summed E-state index contributed by atoms with van der Waals surface area (Å²) < 4.78 is 0. The van der Waals surface area contributed by atoms with Gasteiger partial charge in [0.25, 0.3) is 0 Å². The molecule has 0 aromatic heterocycles. The van der Waals surface area contributed by atoms with Gasteiger partial charge in [0.2, 0.25) is 17.7 Å². The van der Waals surface area contributed by atoms with Crippen LogP contribution in [0.15, 0.2) is 0 Å². The van der Waals surface area contributed by atoms with Crippen LogP contribution in [0.2, 0.25) is 0 Å². The highest BCUT2D eigenvalue weighted by atomic mass is 16.2. The second kappa shape index (κ2) is 15.6. The largest absolute Gasteiger partial charge is 0.368 e. The van der Waals surface area contributed by atoms with Crippen LogP contribution in [0, 0.1) is 0 Å². The first-order chi connectivity index (χ1) is 12.5. The van der Waals surface area contributed by atoms with Crippen LogP contribution in [-0.2, 0) is 14.4 Å². The van der Waals surface area contributed by atoms with Crippen molar-refractivity contribution in [3.8, 4) is 0 Å². The maximum atomic E-state index is 12.5. The van der Waals surface area contributed by atoms with E-state index in [1.165, 1.54) is 6.42 Å². The Bertz CT molecular complexity index is 418. The Kier molecular flexibility index (Phi) is 14.6. The minimum absolute atomic E-state index is 0.156. The fourth-order valence-corrected chi connectivity index (χ4v) is 2.63. The van der Waals surface area contributed by atoms with Crippen molar-refractivity contribution in [2.24, 2.45) is 17.2 Å². The van der Waals surface area contributed by atoms with Gasteiger partial charge in [0.05, 0.1) is 0 Å². The molecule has 0 aliphatic carbocycles. The SMILES string of the molecule is CCCCCCCC(=O)NC(CCCN)C(=O)NC(CCCN)C(N)=O. The maximum Gasteiger partial charge on any atom is 0.243 e. The molecule has 0 aliphatic heterocycles. The molecule has 0 radical (unpaired) electrons. The van der Waals surface area contributed by atoms with Crippen molar-refractivity contribution in [1.29, 1.82) is 0 Å². The summed E-state index contributed by atoms with van der Waals surface area (Å²) >= 11 is 0. The lowest BCUT2D eigenvalue weighted by molar-refractivity contribution is -0.131. The van der Waals surface area contributed by atoms with Crippen molar-refractivity contribution < 1.29 is 14.4 Å². The zero-order valence-corrected chi connectivity index (χ0v) is 16.1. The minimum Gasteiger partial charge on any atom is -0.368 e. The van der Waals surface area contributed by atoms with E-state index in [0.29, 0.717) is 45.2 Å². The second-order valence-corrected chi connectivity index (χ2v) is 6.61. The summed E-state index contributed by atoms with van der Waals surface area (Å²) in [5, 5.41) is 5.38. The van der Waals surface area contributed by atoms with E-state index in [4.69, 9.17) is 17.2 Å². The highest BCUT2D eigenvalue weighted by molar-refractivity contribution is 5.91. The van der Waals surface area contributed by atoms with Gasteiger partial charge in [-0.2, -0.15) is 0 Å². The number of hydrogen-bond donors (Lipinski definition) is 5. The number of amides is 3. The molecule has 8 N–H and O–H groups in total. The normalized spacial score (nSPS) is 13.0. The van der Waals surface area contributed by atoms with E-state index >= 15 is 0 Å². The molecule has 8 nitrogen and oxygen atoms in total. The second-order valence-electron chi connectivity index (χ2n) is 6.61. The summed E-state index contributed by atoms with van der Waals surface area (Å²) in [6.07, 6.45) is 7.61. The van der Waals surface area contributed by atoms with E-state index in [1.54, 1.807) is 0 Å². The molecule has 0 rings (SSSR count). The Morgan fingerprint density at radius 2 is 1.38 bits per heavy atom. The van der Waals surface area contributed by atoms with Crippen molar-refractivity contribution >= 4 is 17.7 Å². The lowest BCUT2D eigenvalue weighted by Gasteiger charge is -2.22. The molecule has 0 aromatic rings. The average Bonchev–Trinajstić information content (AvgIpc) is 2.61. The van der Waals surface area contributed by atoms with Gasteiger partial charge in [0.15, 0.2) is 0 Å². The predicted octanol–water partition coefficient (Wildman–Crippen LogP) is 0.280. The summed E-state index contributed by atoms with van der Waals surface area (Å²) in [4.78, 5) is 36.1. The predicted molar refractivity (Wildman–Crippen MR) is 103 cm³/mol. The van der Waals surface area contributed by atoms with Crippen LogP contribution in [0.5, 0.6) is 0 Å². The number of rotatable bonds is 16. The summed E-state index contributed by atoms with van der Waals surface area (Å²) in [6, 6.07) is -1.49. The third-order valence-electron chi connectivity index (χ3n) is 4.21. The lowest BCUT2D eigenvalue weighted by Crippen LogP contribution is -2.53. The fourth-order valence-electron chi connectivity index (χ4n) is 2.63. The van der Waals surface area contributed by atoms with Crippen LogP contribution in [0.25, 0.3) is 0 Å². The molecule has 3 amide bonds. The third kappa shape index (κ3) is 11.8. The molecule has 0 heterocycles. The van der Waals surface area contributed by atoms with Crippen LogP contribution in [-0.4, -0.2) is 42.9 Å². The molecule has 0 aromatic carbocycles. The Balaban J connectivity index is 4.56. The Hall–Kier alpha value is -1.67. The van der Waals surface area contributed by atoms with E-state index in [-0.39, 0.29) is 5.91 Å². The third-order valence-corrected chi connectivity index (χ3v) is 4.21. The number of hydrogen-bond acceptors (Lipinski definition) is 5. The van der Waals surface area contributed by atoms with E-state index in [2.05, 4.69) is 17.6 Å². The van der Waals surface area contributed by atoms with Crippen LogP contribution in [0.1, 0.15) is 71.1 Å². The van der Waals surface area contributed by atoms with Gasteiger partial charge >= 0.3 is 0 Å². The summed E-state index contributed by atoms with van der Waals surface area (Å²) in [6.45, 7) is 2.97. The van der Waals surface area contributed by atoms with E-state index in [1.807, 2.05) is 0 Å². The van der Waals surface area contributed by atoms with Gasteiger partial charge in [-0.05, 0) is 45.2 Å². The number of nitrogens with two attached hydrogens (primary N) is 3. The zero-order chi connectivity index (χ0) is 19.8. The van der Waals surface area contributed by atoms with Gasteiger partial charge in [0, 0.05) is 6.42 Å². The number of primary amides is 1. The first kappa shape index (κ1) is 24.3. The van der Waals surface area contributed by atoms with Gasteiger partial charge in [-0.15, -0.1) is 0 Å². The van der Waals surface area contributed by atoms with Crippen molar-refractivity contribution in [2.75, 3.05) is 13.1 Å². The van der Waals surface area contributed by atoms with Gasteiger partial charge in [-0.1, -0.05) is 32.6 Å². The van der Waals surface area contributed by atoms with E-state index in [9.17, 15) is 14.4 Å². The zero-order valence-electron chi connectivity index (χ0n) is 16.1. The van der Waals surface area contributed by atoms with Crippen LogP contribution in [0.3, 0.4) is 0 Å². The smallest absolute Gasteiger partial charge is 0.243 e. The molecule has 0 saturated heterocycles. The molecule has 0 bridgehead atoms. The quantitative estimate of drug-likeness (QED) is 0.247. The standard InChI is InChI=1S/C18H37N5O3/c1-2-3-4-5-6-11-16(24)22-15(10-8-13-20)18(26)23-14(17(21)25)9-7-12-19/h14-15H,2-13,19-20H2,1H3,(H2,21,25)(H,22,24)(H,23,26). The van der Waals surface area contributed by atoms with Crippen LogP contribution in [0.4, 0.5) is 0 Å². The molecule has 0 saturated carbocycles. The Morgan fingerprint density at radius 3 is 1.92 bits per heavy atom.